The van der Waals surface area contributed by atoms with Crippen LogP contribution in [-0.2, 0) is 4.74 Å². The van der Waals surface area contributed by atoms with Gasteiger partial charge in [0.15, 0.2) is 6.10 Å². The molecule has 0 amide bonds. The van der Waals surface area contributed by atoms with Gasteiger partial charge in [0.1, 0.15) is 11.9 Å². The number of morpholine rings is 1. The van der Waals surface area contributed by atoms with Gasteiger partial charge in [0.05, 0.1) is 11.1 Å². The van der Waals surface area contributed by atoms with Crippen LogP contribution in [0.1, 0.15) is 11.7 Å². The maximum absolute atomic E-state index is 6.25. The summed E-state index contributed by atoms with van der Waals surface area (Å²) < 4.78 is 13.0. The Labute approximate surface area is 154 Å². The third-order valence-electron chi connectivity index (χ3n) is 3.64. The summed E-state index contributed by atoms with van der Waals surface area (Å²) in [5, 5.41) is 4.69. The van der Waals surface area contributed by atoms with Gasteiger partial charge in [-0.2, -0.15) is 0 Å². The Balaban J connectivity index is 1.89. The zero-order chi connectivity index (χ0) is 16.2. The standard InChI is InChI=1S/C17H16BrCl2NO2/c18-14-9-13(20)5-6-15(14)23-17(16-10-21-7-8-22-16)11-1-3-12(19)4-2-11/h1-6,9,16-17,21H,7-8,10H2/t16-,17?/m0/s1. The molecule has 3 nitrogen and oxygen atoms in total. The second kappa shape index (κ2) is 7.86. The molecule has 1 fully saturated rings. The molecule has 2 aromatic carbocycles. The highest BCUT2D eigenvalue weighted by molar-refractivity contribution is 9.10. The van der Waals surface area contributed by atoms with Crippen LogP contribution in [0.25, 0.3) is 0 Å². The van der Waals surface area contributed by atoms with Crippen LogP contribution in [0.2, 0.25) is 10.0 Å². The van der Waals surface area contributed by atoms with E-state index in [9.17, 15) is 0 Å². The smallest absolute Gasteiger partial charge is 0.151 e. The average Bonchev–Trinajstić information content (AvgIpc) is 2.56. The number of ether oxygens (including phenoxy) is 2. The van der Waals surface area contributed by atoms with Crippen molar-refractivity contribution in [2.75, 3.05) is 19.7 Å². The van der Waals surface area contributed by atoms with E-state index in [2.05, 4.69) is 21.2 Å². The summed E-state index contributed by atoms with van der Waals surface area (Å²) in [4.78, 5) is 0. The van der Waals surface area contributed by atoms with Gasteiger partial charge in [0.2, 0.25) is 0 Å². The monoisotopic (exact) mass is 415 g/mol. The maximum Gasteiger partial charge on any atom is 0.151 e. The quantitative estimate of drug-likeness (QED) is 0.771. The van der Waals surface area contributed by atoms with Gasteiger partial charge in [-0.05, 0) is 51.8 Å². The Kier molecular flexibility index (Phi) is 5.83. The number of hydrogen-bond acceptors (Lipinski definition) is 3. The Hall–Kier alpha value is -0.780. The van der Waals surface area contributed by atoms with Gasteiger partial charge in [-0.15, -0.1) is 0 Å². The second-order valence-corrected chi connectivity index (χ2v) is 7.01. The fourth-order valence-corrected chi connectivity index (χ4v) is 3.40. The largest absolute Gasteiger partial charge is 0.482 e. The molecular weight excluding hydrogens is 401 g/mol. The van der Waals surface area contributed by atoms with Crippen LogP contribution in [0, 0.1) is 0 Å². The van der Waals surface area contributed by atoms with Gasteiger partial charge in [0.25, 0.3) is 0 Å². The van der Waals surface area contributed by atoms with Crippen LogP contribution in [0.15, 0.2) is 46.9 Å². The van der Waals surface area contributed by atoms with Crippen molar-refractivity contribution in [2.24, 2.45) is 0 Å². The maximum atomic E-state index is 6.25. The minimum absolute atomic E-state index is 0.0764. The molecule has 1 aliphatic heterocycles. The Bertz CT molecular complexity index is 660. The van der Waals surface area contributed by atoms with Crippen molar-refractivity contribution in [2.45, 2.75) is 12.2 Å². The molecule has 1 aliphatic rings. The Morgan fingerprint density at radius 2 is 1.87 bits per heavy atom. The van der Waals surface area contributed by atoms with Crippen molar-refractivity contribution in [1.82, 2.24) is 5.32 Å². The Morgan fingerprint density at radius 3 is 2.52 bits per heavy atom. The first-order valence-corrected chi connectivity index (χ1v) is 8.88. The van der Waals surface area contributed by atoms with E-state index in [0.29, 0.717) is 16.7 Å². The molecule has 2 atom stereocenters. The molecule has 1 unspecified atom stereocenters. The van der Waals surface area contributed by atoms with Crippen LogP contribution >= 0.6 is 39.1 Å². The number of halogens is 3. The van der Waals surface area contributed by atoms with Gasteiger partial charge in [-0.3, -0.25) is 0 Å². The van der Waals surface area contributed by atoms with Gasteiger partial charge >= 0.3 is 0 Å². The van der Waals surface area contributed by atoms with E-state index in [-0.39, 0.29) is 12.2 Å². The van der Waals surface area contributed by atoms with E-state index in [1.54, 1.807) is 6.07 Å². The molecule has 6 heteroatoms. The highest BCUT2D eigenvalue weighted by Crippen LogP contribution is 2.34. The molecule has 0 aromatic heterocycles. The highest BCUT2D eigenvalue weighted by Gasteiger charge is 2.28. The van der Waals surface area contributed by atoms with Crippen LogP contribution in [0.5, 0.6) is 5.75 Å². The van der Waals surface area contributed by atoms with Gasteiger partial charge in [-0.1, -0.05) is 35.3 Å². The molecule has 0 saturated carbocycles. The molecule has 0 aliphatic carbocycles. The van der Waals surface area contributed by atoms with Crippen molar-refractivity contribution in [1.29, 1.82) is 0 Å². The van der Waals surface area contributed by atoms with Crippen LogP contribution < -0.4 is 10.1 Å². The van der Waals surface area contributed by atoms with E-state index >= 15 is 0 Å². The Morgan fingerprint density at radius 1 is 1.13 bits per heavy atom. The molecular formula is C17H16BrCl2NO2. The molecule has 1 N–H and O–H groups in total. The van der Waals surface area contributed by atoms with Gasteiger partial charge in [-0.25, -0.2) is 0 Å². The number of nitrogens with one attached hydrogen (secondary N) is 1. The minimum Gasteiger partial charge on any atom is -0.482 e. The first-order chi connectivity index (χ1) is 11.1. The lowest BCUT2D eigenvalue weighted by molar-refractivity contribution is -0.0434. The number of rotatable bonds is 4. The lowest BCUT2D eigenvalue weighted by Crippen LogP contribution is -2.43. The molecule has 3 rings (SSSR count). The van der Waals surface area contributed by atoms with E-state index in [1.165, 1.54) is 0 Å². The predicted molar refractivity (Wildman–Crippen MR) is 96.6 cm³/mol. The van der Waals surface area contributed by atoms with Gasteiger partial charge in [0, 0.05) is 23.1 Å². The number of benzene rings is 2. The van der Waals surface area contributed by atoms with Crippen molar-refractivity contribution in [3.63, 3.8) is 0 Å². The second-order valence-electron chi connectivity index (χ2n) is 5.28. The fourth-order valence-electron chi connectivity index (χ4n) is 2.50. The summed E-state index contributed by atoms with van der Waals surface area (Å²) in [6, 6.07) is 13.1. The summed E-state index contributed by atoms with van der Waals surface area (Å²) >= 11 is 15.5. The minimum atomic E-state index is -0.238. The van der Waals surface area contributed by atoms with Crippen molar-refractivity contribution < 1.29 is 9.47 Å². The third-order valence-corrected chi connectivity index (χ3v) is 4.75. The van der Waals surface area contributed by atoms with Crippen LogP contribution in [0.4, 0.5) is 0 Å². The molecule has 0 bridgehead atoms. The van der Waals surface area contributed by atoms with E-state index in [4.69, 9.17) is 32.7 Å². The van der Waals surface area contributed by atoms with E-state index in [1.807, 2.05) is 36.4 Å². The SMILES string of the molecule is Clc1ccc(C(Oc2ccc(Cl)cc2Br)[C@@H]2CNCCO2)cc1. The fraction of sp³-hybridized carbons (Fsp3) is 0.294. The van der Waals surface area contributed by atoms with Crippen molar-refractivity contribution >= 4 is 39.1 Å². The molecule has 0 spiro atoms. The topological polar surface area (TPSA) is 30.5 Å². The van der Waals surface area contributed by atoms with Crippen molar-refractivity contribution in [3.05, 3.63) is 62.5 Å². The summed E-state index contributed by atoms with van der Waals surface area (Å²) in [6.07, 6.45) is -0.315. The lowest BCUT2D eigenvalue weighted by atomic mass is 10.0. The lowest BCUT2D eigenvalue weighted by Gasteiger charge is -2.32. The van der Waals surface area contributed by atoms with Crippen LogP contribution in [0.3, 0.4) is 0 Å². The third kappa shape index (κ3) is 4.40. The zero-order valence-corrected chi connectivity index (χ0v) is 15.4. The van der Waals surface area contributed by atoms with Crippen LogP contribution in [-0.4, -0.2) is 25.8 Å². The summed E-state index contributed by atoms with van der Waals surface area (Å²) in [5.41, 5.74) is 1.02. The molecule has 1 heterocycles. The molecule has 1 saturated heterocycles. The van der Waals surface area contributed by atoms with Gasteiger partial charge < -0.3 is 14.8 Å². The predicted octanol–water partition coefficient (Wildman–Crippen LogP) is 4.86. The first kappa shape index (κ1) is 17.1. The van der Waals surface area contributed by atoms with E-state index < -0.39 is 0 Å². The molecule has 23 heavy (non-hydrogen) atoms. The molecule has 122 valence electrons. The molecule has 2 aromatic rings. The first-order valence-electron chi connectivity index (χ1n) is 7.33. The molecule has 0 radical (unpaired) electrons. The van der Waals surface area contributed by atoms with Crippen molar-refractivity contribution in [3.8, 4) is 5.75 Å². The van der Waals surface area contributed by atoms with E-state index in [0.717, 1.165) is 28.9 Å². The summed E-state index contributed by atoms with van der Waals surface area (Å²) in [7, 11) is 0. The average molecular weight is 417 g/mol. The zero-order valence-electron chi connectivity index (χ0n) is 12.3. The summed E-state index contributed by atoms with van der Waals surface area (Å²) in [6.45, 7) is 2.26. The number of hydrogen-bond donors (Lipinski definition) is 1. The normalized spacial score (nSPS) is 19.3. The highest BCUT2D eigenvalue weighted by atomic mass is 79.9. The summed E-state index contributed by atoms with van der Waals surface area (Å²) in [5.74, 6) is 0.725.